The highest BCUT2D eigenvalue weighted by Crippen LogP contribution is 2.25. The molecule has 0 saturated heterocycles. The molecule has 0 radical (unpaired) electrons. The van der Waals surface area contributed by atoms with Crippen LogP contribution in [0.25, 0.3) is 0 Å². The normalized spacial score (nSPS) is 10.5. The van der Waals surface area contributed by atoms with E-state index in [4.69, 9.17) is 10.5 Å². The SMILES string of the molecule is CC(C)COc1ccc(Br)cc1N. The summed E-state index contributed by atoms with van der Waals surface area (Å²) in [7, 11) is 0. The van der Waals surface area contributed by atoms with Gasteiger partial charge in [0.05, 0.1) is 12.3 Å². The molecule has 0 fully saturated rings. The molecule has 0 atom stereocenters. The number of anilines is 1. The van der Waals surface area contributed by atoms with E-state index in [9.17, 15) is 0 Å². The third-order valence-corrected chi connectivity index (χ3v) is 2.04. The van der Waals surface area contributed by atoms with Crippen LogP contribution in [0.1, 0.15) is 13.8 Å². The van der Waals surface area contributed by atoms with Gasteiger partial charge in [-0.15, -0.1) is 0 Å². The predicted molar refractivity (Wildman–Crippen MR) is 58.9 cm³/mol. The van der Waals surface area contributed by atoms with Crippen molar-refractivity contribution in [3.63, 3.8) is 0 Å². The van der Waals surface area contributed by atoms with Gasteiger partial charge in [-0.05, 0) is 24.1 Å². The molecule has 0 unspecified atom stereocenters. The van der Waals surface area contributed by atoms with E-state index in [1.54, 1.807) is 0 Å². The first-order valence-corrected chi connectivity index (χ1v) is 5.06. The summed E-state index contributed by atoms with van der Waals surface area (Å²) in [5.41, 5.74) is 6.43. The summed E-state index contributed by atoms with van der Waals surface area (Å²) in [6.07, 6.45) is 0. The van der Waals surface area contributed by atoms with Crippen LogP contribution in [0.5, 0.6) is 5.75 Å². The largest absolute Gasteiger partial charge is 0.491 e. The third-order valence-electron chi connectivity index (χ3n) is 1.54. The minimum atomic E-state index is 0.517. The van der Waals surface area contributed by atoms with Crippen molar-refractivity contribution in [1.29, 1.82) is 0 Å². The van der Waals surface area contributed by atoms with Crippen molar-refractivity contribution < 1.29 is 4.74 Å². The molecule has 2 nitrogen and oxygen atoms in total. The minimum Gasteiger partial charge on any atom is -0.491 e. The zero-order valence-corrected chi connectivity index (χ0v) is 9.47. The smallest absolute Gasteiger partial charge is 0.142 e. The zero-order valence-electron chi connectivity index (χ0n) is 7.88. The maximum atomic E-state index is 5.75. The van der Waals surface area contributed by atoms with E-state index in [0.29, 0.717) is 18.2 Å². The molecule has 0 aromatic heterocycles. The van der Waals surface area contributed by atoms with Crippen LogP contribution in [0.4, 0.5) is 5.69 Å². The van der Waals surface area contributed by atoms with Crippen molar-refractivity contribution in [2.45, 2.75) is 13.8 Å². The van der Waals surface area contributed by atoms with Gasteiger partial charge in [0, 0.05) is 4.47 Å². The molecule has 0 heterocycles. The zero-order chi connectivity index (χ0) is 9.84. The van der Waals surface area contributed by atoms with Crippen LogP contribution in [0.3, 0.4) is 0 Å². The summed E-state index contributed by atoms with van der Waals surface area (Å²) in [6.45, 7) is 4.91. The highest BCUT2D eigenvalue weighted by molar-refractivity contribution is 9.10. The summed E-state index contributed by atoms with van der Waals surface area (Å²) in [5.74, 6) is 1.28. The molecule has 0 spiro atoms. The van der Waals surface area contributed by atoms with Gasteiger partial charge in [-0.2, -0.15) is 0 Å². The minimum absolute atomic E-state index is 0.517. The van der Waals surface area contributed by atoms with E-state index in [1.165, 1.54) is 0 Å². The van der Waals surface area contributed by atoms with E-state index in [0.717, 1.165) is 10.2 Å². The number of benzene rings is 1. The number of hydrogen-bond acceptors (Lipinski definition) is 2. The van der Waals surface area contributed by atoms with Crippen molar-refractivity contribution in [3.05, 3.63) is 22.7 Å². The fraction of sp³-hybridized carbons (Fsp3) is 0.400. The van der Waals surface area contributed by atoms with E-state index >= 15 is 0 Å². The molecular formula is C10H14BrNO. The fourth-order valence-corrected chi connectivity index (χ4v) is 1.29. The van der Waals surface area contributed by atoms with E-state index < -0.39 is 0 Å². The van der Waals surface area contributed by atoms with Crippen molar-refractivity contribution in [2.24, 2.45) is 5.92 Å². The van der Waals surface area contributed by atoms with Crippen LogP contribution in [-0.2, 0) is 0 Å². The average Bonchev–Trinajstić information content (AvgIpc) is 2.02. The van der Waals surface area contributed by atoms with Gasteiger partial charge >= 0.3 is 0 Å². The first kappa shape index (κ1) is 10.4. The van der Waals surface area contributed by atoms with Gasteiger partial charge in [0.1, 0.15) is 5.75 Å². The molecule has 0 aliphatic heterocycles. The molecular weight excluding hydrogens is 230 g/mol. The molecule has 1 aromatic rings. The summed E-state index contributed by atoms with van der Waals surface area (Å²) in [6, 6.07) is 5.64. The molecule has 13 heavy (non-hydrogen) atoms. The second kappa shape index (κ2) is 4.51. The van der Waals surface area contributed by atoms with Gasteiger partial charge in [0.25, 0.3) is 0 Å². The Morgan fingerprint density at radius 3 is 2.69 bits per heavy atom. The van der Waals surface area contributed by atoms with Crippen molar-refractivity contribution in [1.82, 2.24) is 0 Å². The summed E-state index contributed by atoms with van der Waals surface area (Å²) < 4.78 is 6.48. The standard InChI is InChI=1S/C10H14BrNO/c1-7(2)6-13-10-4-3-8(11)5-9(10)12/h3-5,7H,6,12H2,1-2H3. The van der Waals surface area contributed by atoms with Gasteiger partial charge in [0.15, 0.2) is 0 Å². The number of nitrogen functional groups attached to an aromatic ring is 1. The van der Waals surface area contributed by atoms with Crippen LogP contribution in [-0.4, -0.2) is 6.61 Å². The first-order chi connectivity index (χ1) is 6.09. The molecule has 0 aliphatic carbocycles. The summed E-state index contributed by atoms with van der Waals surface area (Å²) in [5, 5.41) is 0. The Kier molecular flexibility index (Phi) is 3.60. The van der Waals surface area contributed by atoms with Gasteiger partial charge in [0.2, 0.25) is 0 Å². The van der Waals surface area contributed by atoms with Crippen LogP contribution in [0.2, 0.25) is 0 Å². The van der Waals surface area contributed by atoms with Crippen LogP contribution < -0.4 is 10.5 Å². The molecule has 1 rings (SSSR count). The maximum absolute atomic E-state index is 5.75. The van der Waals surface area contributed by atoms with E-state index in [-0.39, 0.29) is 0 Å². The van der Waals surface area contributed by atoms with Gasteiger partial charge in [-0.25, -0.2) is 0 Å². The lowest BCUT2D eigenvalue weighted by atomic mass is 10.2. The lowest BCUT2D eigenvalue weighted by molar-refractivity contribution is 0.272. The Morgan fingerprint density at radius 2 is 2.15 bits per heavy atom. The van der Waals surface area contributed by atoms with Crippen LogP contribution in [0, 0.1) is 5.92 Å². The Hall–Kier alpha value is -0.700. The number of rotatable bonds is 3. The van der Waals surface area contributed by atoms with Gasteiger partial charge < -0.3 is 10.5 Å². The lowest BCUT2D eigenvalue weighted by Crippen LogP contribution is -2.05. The molecule has 0 saturated carbocycles. The Labute approximate surface area is 87.2 Å². The molecule has 3 heteroatoms. The quantitative estimate of drug-likeness (QED) is 0.829. The van der Waals surface area contributed by atoms with E-state index in [1.807, 2.05) is 18.2 Å². The van der Waals surface area contributed by atoms with Crippen molar-refractivity contribution in [3.8, 4) is 5.75 Å². The average molecular weight is 244 g/mol. The number of hydrogen-bond donors (Lipinski definition) is 1. The van der Waals surface area contributed by atoms with Gasteiger partial charge in [-0.1, -0.05) is 29.8 Å². The fourth-order valence-electron chi connectivity index (χ4n) is 0.907. The second-order valence-corrected chi connectivity index (χ2v) is 4.30. The number of ether oxygens (including phenoxy) is 1. The Morgan fingerprint density at radius 1 is 1.46 bits per heavy atom. The van der Waals surface area contributed by atoms with Crippen molar-refractivity contribution in [2.75, 3.05) is 12.3 Å². The highest BCUT2D eigenvalue weighted by atomic mass is 79.9. The van der Waals surface area contributed by atoms with Crippen LogP contribution in [0.15, 0.2) is 22.7 Å². The predicted octanol–water partition coefficient (Wildman–Crippen LogP) is 3.07. The Balaban J connectivity index is 2.67. The first-order valence-electron chi connectivity index (χ1n) is 4.27. The molecule has 0 amide bonds. The third kappa shape index (κ3) is 3.27. The summed E-state index contributed by atoms with van der Waals surface area (Å²) >= 11 is 3.34. The van der Waals surface area contributed by atoms with Crippen LogP contribution >= 0.6 is 15.9 Å². The summed E-state index contributed by atoms with van der Waals surface area (Å²) in [4.78, 5) is 0. The van der Waals surface area contributed by atoms with Crippen molar-refractivity contribution >= 4 is 21.6 Å². The van der Waals surface area contributed by atoms with Gasteiger partial charge in [-0.3, -0.25) is 0 Å². The topological polar surface area (TPSA) is 35.2 Å². The highest BCUT2D eigenvalue weighted by Gasteiger charge is 2.01. The lowest BCUT2D eigenvalue weighted by Gasteiger charge is -2.10. The Bertz CT molecular complexity index is 286. The van der Waals surface area contributed by atoms with E-state index in [2.05, 4.69) is 29.8 Å². The molecule has 0 bridgehead atoms. The number of nitrogens with two attached hydrogens (primary N) is 1. The molecule has 2 N–H and O–H groups in total. The maximum Gasteiger partial charge on any atom is 0.142 e. The number of halogens is 1. The molecule has 72 valence electrons. The molecule has 0 aliphatic rings. The molecule has 1 aromatic carbocycles. The monoisotopic (exact) mass is 243 g/mol. The second-order valence-electron chi connectivity index (χ2n) is 3.39.